The van der Waals surface area contributed by atoms with E-state index in [1.807, 2.05) is 55.5 Å². The highest BCUT2D eigenvalue weighted by Crippen LogP contribution is 2.22. The zero-order valence-electron chi connectivity index (χ0n) is 20.4. The largest absolute Gasteiger partial charge is 0.494 e. The molecule has 0 spiro atoms. The number of carbonyl (C=O) groups excluding carboxylic acids is 1. The minimum absolute atomic E-state index is 0.344. The van der Waals surface area contributed by atoms with Gasteiger partial charge >= 0.3 is 0 Å². The molecule has 4 aromatic rings. The van der Waals surface area contributed by atoms with Crippen molar-refractivity contribution in [2.45, 2.75) is 52.4 Å². The first-order valence-corrected chi connectivity index (χ1v) is 12.3. The van der Waals surface area contributed by atoms with Gasteiger partial charge in [-0.05, 0) is 49.7 Å². The van der Waals surface area contributed by atoms with Crippen LogP contribution in [0.2, 0.25) is 0 Å². The lowest BCUT2D eigenvalue weighted by Gasteiger charge is -2.06. The second-order valence-corrected chi connectivity index (χ2v) is 8.72. The molecule has 7 heteroatoms. The molecule has 2 aromatic heterocycles. The second kappa shape index (κ2) is 12.0. The lowest BCUT2D eigenvalue weighted by atomic mass is 10.1. The number of aryl methyl sites for hydroxylation is 1. The van der Waals surface area contributed by atoms with Crippen LogP contribution in [0.15, 0.2) is 59.7 Å². The van der Waals surface area contributed by atoms with Gasteiger partial charge in [0.2, 0.25) is 0 Å². The average molecular weight is 472 g/mol. The van der Waals surface area contributed by atoms with E-state index in [0.29, 0.717) is 11.4 Å². The molecule has 3 N–H and O–H groups in total. The number of H-pyrrole nitrogens is 2. The third-order valence-electron chi connectivity index (χ3n) is 6.04. The Morgan fingerprint density at radius 3 is 2.66 bits per heavy atom. The van der Waals surface area contributed by atoms with Crippen LogP contribution in [-0.4, -0.2) is 33.9 Å². The summed E-state index contributed by atoms with van der Waals surface area (Å²) in [6.07, 6.45) is 9.12. The van der Waals surface area contributed by atoms with E-state index in [-0.39, 0.29) is 5.91 Å². The number of ether oxygens (including phenoxy) is 1. The predicted molar refractivity (Wildman–Crippen MR) is 141 cm³/mol. The fourth-order valence-corrected chi connectivity index (χ4v) is 4.06. The number of para-hydroxylation sites is 1. The molecule has 0 bridgehead atoms. The van der Waals surface area contributed by atoms with Gasteiger partial charge < -0.3 is 9.72 Å². The first kappa shape index (κ1) is 24.3. The molecule has 4 rings (SSSR count). The predicted octanol–water partition coefficient (Wildman–Crippen LogP) is 6.37. The molecular weight excluding hydrogens is 438 g/mol. The summed E-state index contributed by atoms with van der Waals surface area (Å²) >= 11 is 0. The highest BCUT2D eigenvalue weighted by atomic mass is 16.5. The number of unbranched alkanes of at least 4 members (excludes halogenated alkanes) is 5. The molecule has 0 aliphatic carbocycles. The van der Waals surface area contributed by atoms with Crippen molar-refractivity contribution >= 4 is 23.0 Å². The average Bonchev–Trinajstić information content (AvgIpc) is 3.49. The number of rotatable bonds is 12. The maximum atomic E-state index is 12.5. The highest BCUT2D eigenvalue weighted by molar-refractivity contribution is 6.01. The van der Waals surface area contributed by atoms with Gasteiger partial charge in [-0.3, -0.25) is 9.89 Å². The quantitative estimate of drug-likeness (QED) is 0.127. The number of amides is 1. The lowest BCUT2D eigenvalue weighted by molar-refractivity contribution is 0.0950. The summed E-state index contributed by atoms with van der Waals surface area (Å²) in [5.74, 6) is 0.495. The van der Waals surface area contributed by atoms with Crippen molar-refractivity contribution in [3.8, 4) is 17.0 Å². The van der Waals surface area contributed by atoms with E-state index in [2.05, 4.69) is 32.6 Å². The van der Waals surface area contributed by atoms with E-state index < -0.39 is 0 Å². The topological polar surface area (TPSA) is 95.2 Å². The summed E-state index contributed by atoms with van der Waals surface area (Å²) in [6.45, 7) is 4.94. The summed E-state index contributed by atoms with van der Waals surface area (Å²) in [5, 5.41) is 12.3. The van der Waals surface area contributed by atoms with Crippen LogP contribution < -0.4 is 10.2 Å². The van der Waals surface area contributed by atoms with Gasteiger partial charge in [0.15, 0.2) is 0 Å². The van der Waals surface area contributed by atoms with Crippen LogP contribution in [-0.2, 0) is 0 Å². The number of aromatic nitrogens is 3. The van der Waals surface area contributed by atoms with E-state index in [0.717, 1.165) is 46.5 Å². The fraction of sp³-hybridized carbons (Fsp3) is 0.321. The van der Waals surface area contributed by atoms with Crippen molar-refractivity contribution in [2.24, 2.45) is 5.10 Å². The van der Waals surface area contributed by atoms with Crippen molar-refractivity contribution in [2.75, 3.05) is 6.61 Å². The summed E-state index contributed by atoms with van der Waals surface area (Å²) in [7, 11) is 0. The summed E-state index contributed by atoms with van der Waals surface area (Å²) in [4.78, 5) is 15.8. The van der Waals surface area contributed by atoms with Crippen molar-refractivity contribution in [1.82, 2.24) is 20.6 Å². The van der Waals surface area contributed by atoms with E-state index in [1.54, 1.807) is 12.3 Å². The number of benzene rings is 2. The molecule has 0 fully saturated rings. The van der Waals surface area contributed by atoms with Gasteiger partial charge in [-0.15, -0.1) is 0 Å². The van der Waals surface area contributed by atoms with Crippen LogP contribution in [0.25, 0.3) is 22.2 Å². The Balaban J connectivity index is 1.28. The number of hydrogen-bond acceptors (Lipinski definition) is 4. The Labute approximate surface area is 206 Å². The minimum Gasteiger partial charge on any atom is -0.494 e. The molecule has 0 saturated carbocycles. The smallest absolute Gasteiger partial charge is 0.289 e. The number of carbonyl (C=O) groups is 1. The molecule has 0 radical (unpaired) electrons. The van der Waals surface area contributed by atoms with Crippen molar-refractivity contribution in [3.05, 3.63) is 71.5 Å². The maximum absolute atomic E-state index is 12.5. The van der Waals surface area contributed by atoms with Crippen LogP contribution in [0.1, 0.15) is 67.2 Å². The van der Waals surface area contributed by atoms with Gasteiger partial charge in [0, 0.05) is 27.7 Å². The van der Waals surface area contributed by atoms with Crippen LogP contribution >= 0.6 is 0 Å². The minimum atomic E-state index is -0.351. The molecule has 0 aliphatic rings. The van der Waals surface area contributed by atoms with Gasteiger partial charge in [0.25, 0.3) is 5.91 Å². The molecule has 7 nitrogen and oxygen atoms in total. The summed E-state index contributed by atoms with van der Waals surface area (Å²) in [6, 6.07) is 17.5. The maximum Gasteiger partial charge on any atom is 0.289 e. The molecule has 0 saturated heterocycles. The van der Waals surface area contributed by atoms with E-state index >= 15 is 0 Å². The molecule has 35 heavy (non-hydrogen) atoms. The molecule has 0 unspecified atom stereocenters. The van der Waals surface area contributed by atoms with Gasteiger partial charge in [0.05, 0.1) is 18.5 Å². The first-order chi connectivity index (χ1) is 17.2. The Bertz CT molecular complexity index is 1270. The number of aromatic amines is 2. The van der Waals surface area contributed by atoms with E-state index in [4.69, 9.17) is 4.74 Å². The number of hydrazone groups is 1. The standard InChI is InChI=1S/C28H33N5O2/c1-3-4-5-6-7-10-17-35-22-15-13-21(14-16-22)26-18-27(32-31-26)28(34)33-29-19-24-20(2)30-25-12-9-8-11-23(24)25/h8-9,11-16,18-19,30H,3-7,10,17H2,1-2H3,(H,31,32)(H,33,34)/b29-19-. The zero-order valence-corrected chi connectivity index (χ0v) is 20.4. The molecule has 2 heterocycles. The number of hydrogen-bond donors (Lipinski definition) is 3. The van der Waals surface area contributed by atoms with Gasteiger partial charge in [0.1, 0.15) is 11.4 Å². The van der Waals surface area contributed by atoms with Crippen LogP contribution in [0.3, 0.4) is 0 Å². The fourth-order valence-electron chi connectivity index (χ4n) is 4.06. The Morgan fingerprint density at radius 1 is 1.06 bits per heavy atom. The second-order valence-electron chi connectivity index (χ2n) is 8.72. The van der Waals surface area contributed by atoms with E-state index in [1.165, 1.54) is 32.1 Å². The van der Waals surface area contributed by atoms with Crippen molar-refractivity contribution < 1.29 is 9.53 Å². The van der Waals surface area contributed by atoms with Gasteiger partial charge in [-0.1, -0.05) is 57.2 Å². The van der Waals surface area contributed by atoms with Gasteiger partial charge in [-0.25, -0.2) is 5.43 Å². The molecule has 2 aromatic carbocycles. The molecule has 1 amide bonds. The van der Waals surface area contributed by atoms with Gasteiger partial charge in [-0.2, -0.15) is 10.2 Å². The monoisotopic (exact) mass is 471 g/mol. The summed E-state index contributed by atoms with van der Waals surface area (Å²) in [5.41, 5.74) is 7.49. The first-order valence-electron chi connectivity index (χ1n) is 12.3. The Kier molecular flexibility index (Phi) is 8.33. The Hall–Kier alpha value is -3.87. The van der Waals surface area contributed by atoms with Crippen LogP contribution in [0.5, 0.6) is 5.75 Å². The van der Waals surface area contributed by atoms with Crippen molar-refractivity contribution in [3.63, 3.8) is 0 Å². The SMILES string of the molecule is CCCCCCCCOc1ccc(-c2cc(C(=O)N/N=C\c3c(C)[nH]c4ccccc34)[nH]n2)cc1. The molecule has 182 valence electrons. The normalized spacial score (nSPS) is 11.4. The molecule has 0 aliphatic heterocycles. The molecular formula is C28H33N5O2. The van der Waals surface area contributed by atoms with E-state index in [9.17, 15) is 4.79 Å². The number of nitrogens with zero attached hydrogens (tertiary/aromatic N) is 2. The highest BCUT2D eigenvalue weighted by Gasteiger charge is 2.11. The van der Waals surface area contributed by atoms with Crippen molar-refractivity contribution in [1.29, 1.82) is 0 Å². The lowest BCUT2D eigenvalue weighted by Crippen LogP contribution is -2.18. The van der Waals surface area contributed by atoms with Crippen LogP contribution in [0, 0.1) is 6.92 Å². The number of fused-ring (bicyclic) bond motifs is 1. The Morgan fingerprint density at radius 2 is 1.83 bits per heavy atom. The summed E-state index contributed by atoms with van der Waals surface area (Å²) < 4.78 is 5.85. The third-order valence-corrected chi connectivity index (χ3v) is 6.04. The zero-order chi connectivity index (χ0) is 24.5. The number of nitrogens with one attached hydrogen (secondary N) is 3. The third kappa shape index (κ3) is 6.38. The molecule has 0 atom stereocenters. The van der Waals surface area contributed by atoms with Crippen LogP contribution in [0.4, 0.5) is 0 Å².